The van der Waals surface area contributed by atoms with Crippen molar-refractivity contribution >= 4 is 23.5 Å². The molecule has 0 spiro atoms. The lowest BCUT2D eigenvalue weighted by Gasteiger charge is -2.23. The van der Waals surface area contributed by atoms with Crippen molar-refractivity contribution in [2.24, 2.45) is 17.8 Å². The molecular weight excluding hydrogens is 352 g/mol. The van der Waals surface area contributed by atoms with Crippen LogP contribution >= 0.6 is 0 Å². The fourth-order valence-corrected chi connectivity index (χ4v) is 3.76. The van der Waals surface area contributed by atoms with Gasteiger partial charge in [-0.15, -0.1) is 0 Å². The average Bonchev–Trinajstić information content (AvgIpc) is 3.32. The third-order valence-corrected chi connectivity index (χ3v) is 5.09. The number of ether oxygens (including phenoxy) is 1. The van der Waals surface area contributed by atoms with Crippen LogP contribution in [-0.4, -0.2) is 51.4 Å². The van der Waals surface area contributed by atoms with Gasteiger partial charge in [0.25, 0.3) is 5.91 Å². The van der Waals surface area contributed by atoms with E-state index in [1.807, 2.05) is 20.8 Å². The molecule has 2 saturated heterocycles. The van der Waals surface area contributed by atoms with E-state index in [-0.39, 0.29) is 23.2 Å². The number of nitrogens with zero attached hydrogens (tertiary/aromatic N) is 2. The summed E-state index contributed by atoms with van der Waals surface area (Å²) in [5, 5.41) is 19.2. The summed E-state index contributed by atoms with van der Waals surface area (Å²) >= 11 is 0. The number of anilines is 1. The lowest BCUT2D eigenvalue weighted by atomic mass is 9.78. The normalized spacial score (nSPS) is 26.4. The van der Waals surface area contributed by atoms with Gasteiger partial charge in [-0.1, -0.05) is 13.8 Å². The maximum atomic E-state index is 12.8. The second-order valence-electron chi connectivity index (χ2n) is 7.52. The van der Waals surface area contributed by atoms with Gasteiger partial charge < -0.3 is 20.5 Å². The summed E-state index contributed by atoms with van der Waals surface area (Å²) in [7, 11) is 0. The zero-order valence-corrected chi connectivity index (χ0v) is 15.8. The molecule has 2 aliphatic rings. The van der Waals surface area contributed by atoms with Crippen molar-refractivity contribution in [1.29, 1.82) is 0 Å². The molecule has 0 aromatic carbocycles. The fraction of sp³-hybridized carbons (Fsp3) is 0.667. The van der Waals surface area contributed by atoms with Crippen LogP contribution in [0.15, 0.2) is 6.20 Å². The van der Waals surface area contributed by atoms with Gasteiger partial charge in [0, 0.05) is 19.3 Å². The Labute approximate surface area is 157 Å². The van der Waals surface area contributed by atoms with E-state index >= 15 is 0 Å². The number of hydrogen-bond acceptors (Lipinski definition) is 5. The zero-order valence-electron chi connectivity index (χ0n) is 15.8. The molecule has 2 fully saturated rings. The van der Waals surface area contributed by atoms with Crippen molar-refractivity contribution in [1.82, 2.24) is 15.1 Å². The number of fused-ring (bicyclic) bond motifs is 2. The Morgan fingerprint density at radius 1 is 1.30 bits per heavy atom. The van der Waals surface area contributed by atoms with Gasteiger partial charge in [0.05, 0.1) is 29.7 Å². The predicted molar refractivity (Wildman–Crippen MR) is 96.2 cm³/mol. The molecule has 0 aliphatic carbocycles. The van der Waals surface area contributed by atoms with Gasteiger partial charge in [-0.05, 0) is 25.7 Å². The molecule has 27 heavy (non-hydrogen) atoms. The van der Waals surface area contributed by atoms with Crippen LogP contribution in [0, 0.1) is 17.8 Å². The molecule has 1 aromatic heterocycles. The molecule has 2 aliphatic heterocycles. The topological polar surface area (TPSA) is 123 Å². The average molecular weight is 378 g/mol. The number of hydrogen-bond donors (Lipinski definition) is 3. The number of aryl methyl sites for hydroxylation is 1. The van der Waals surface area contributed by atoms with E-state index in [9.17, 15) is 19.5 Å². The highest BCUT2D eigenvalue weighted by molar-refractivity contribution is 6.03. The van der Waals surface area contributed by atoms with E-state index < -0.39 is 35.9 Å². The minimum absolute atomic E-state index is 0.127. The maximum absolute atomic E-state index is 12.8. The van der Waals surface area contributed by atoms with Crippen molar-refractivity contribution in [2.75, 3.05) is 11.9 Å². The number of rotatable bonds is 7. The first-order valence-electron chi connectivity index (χ1n) is 9.36. The summed E-state index contributed by atoms with van der Waals surface area (Å²) in [4.78, 5) is 36.9. The second-order valence-corrected chi connectivity index (χ2v) is 7.52. The van der Waals surface area contributed by atoms with E-state index in [1.165, 1.54) is 0 Å². The van der Waals surface area contributed by atoms with Gasteiger partial charge in [-0.2, -0.15) is 5.10 Å². The van der Waals surface area contributed by atoms with Gasteiger partial charge in [0.1, 0.15) is 0 Å². The number of aliphatic carboxylic acids is 1. The Morgan fingerprint density at radius 3 is 2.56 bits per heavy atom. The number of carbonyl (C=O) groups is 3. The Bertz CT molecular complexity index is 744. The highest BCUT2D eigenvalue weighted by Crippen LogP contribution is 2.44. The van der Waals surface area contributed by atoms with Crippen LogP contribution in [0.1, 0.15) is 44.1 Å². The lowest BCUT2D eigenvalue weighted by molar-refractivity contribution is -0.147. The van der Waals surface area contributed by atoms with Crippen molar-refractivity contribution in [3.8, 4) is 0 Å². The molecular formula is C18H26N4O5. The molecule has 3 N–H and O–H groups in total. The Kier molecular flexibility index (Phi) is 5.50. The van der Waals surface area contributed by atoms with Gasteiger partial charge in [-0.25, -0.2) is 0 Å². The van der Waals surface area contributed by atoms with E-state index in [0.717, 1.165) is 0 Å². The van der Waals surface area contributed by atoms with Gasteiger partial charge in [0.2, 0.25) is 5.91 Å². The first-order chi connectivity index (χ1) is 12.8. The number of aromatic nitrogens is 2. The molecule has 2 bridgehead atoms. The zero-order chi connectivity index (χ0) is 19.7. The maximum Gasteiger partial charge on any atom is 0.310 e. The fourth-order valence-electron chi connectivity index (χ4n) is 3.76. The summed E-state index contributed by atoms with van der Waals surface area (Å²) in [6, 6.07) is 0. The molecule has 9 heteroatoms. The third-order valence-electron chi connectivity index (χ3n) is 5.09. The van der Waals surface area contributed by atoms with Crippen LogP contribution in [0.3, 0.4) is 0 Å². The Morgan fingerprint density at radius 2 is 1.96 bits per heavy atom. The van der Waals surface area contributed by atoms with Crippen LogP contribution in [0.25, 0.3) is 0 Å². The highest BCUT2D eigenvalue weighted by atomic mass is 16.5. The summed E-state index contributed by atoms with van der Waals surface area (Å²) < 4.78 is 7.21. The van der Waals surface area contributed by atoms with Gasteiger partial charge in [-0.3, -0.25) is 19.1 Å². The van der Waals surface area contributed by atoms with Crippen LogP contribution in [0.4, 0.5) is 5.69 Å². The van der Waals surface area contributed by atoms with Crippen molar-refractivity contribution < 1.29 is 24.2 Å². The van der Waals surface area contributed by atoms with E-state index in [4.69, 9.17) is 4.74 Å². The Balaban J connectivity index is 1.78. The van der Waals surface area contributed by atoms with Crippen LogP contribution < -0.4 is 10.6 Å². The lowest BCUT2D eigenvalue weighted by Crippen LogP contribution is -2.41. The molecule has 9 nitrogen and oxygen atoms in total. The van der Waals surface area contributed by atoms with Crippen LogP contribution in [0.5, 0.6) is 0 Å². The number of amides is 2. The number of nitrogens with one attached hydrogen (secondary N) is 2. The number of carboxylic acid groups (broad SMARTS) is 1. The minimum atomic E-state index is -1.03. The molecule has 3 rings (SSSR count). The minimum Gasteiger partial charge on any atom is -0.481 e. The van der Waals surface area contributed by atoms with E-state index in [2.05, 4.69) is 15.7 Å². The molecule has 148 valence electrons. The quantitative estimate of drug-likeness (QED) is 0.653. The van der Waals surface area contributed by atoms with Crippen molar-refractivity contribution in [2.45, 2.75) is 52.4 Å². The molecule has 1 aromatic rings. The van der Waals surface area contributed by atoms with Crippen LogP contribution in [0.2, 0.25) is 0 Å². The monoisotopic (exact) mass is 378 g/mol. The molecule has 0 saturated carbocycles. The molecule has 0 radical (unpaired) electrons. The SMILES string of the molecule is CCn1cc(NC(=O)[C@H]2[C@@H](C(=O)O)[C@H]3CC[C@H]2O3)c(C(=O)NCC(C)C)n1. The molecule has 3 heterocycles. The molecule has 0 unspecified atom stereocenters. The highest BCUT2D eigenvalue weighted by Gasteiger charge is 2.55. The third kappa shape index (κ3) is 3.83. The standard InChI is InChI=1S/C18H26N4O5/c1-4-22-8-10(15(21-22)17(24)19-7-9(2)3)20-16(23)13-11-5-6-12(27-11)14(13)18(25)26/h8-9,11-14H,4-7H2,1-3H3,(H,19,24)(H,20,23)(H,25,26)/t11-,12-,13-,14+/m1/s1. The smallest absolute Gasteiger partial charge is 0.310 e. The second kappa shape index (κ2) is 7.67. The summed E-state index contributed by atoms with van der Waals surface area (Å²) in [6.07, 6.45) is 2.10. The van der Waals surface area contributed by atoms with Crippen molar-refractivity contribution in [3.63, 3.8) is 0 Å². The summed E-state index contributed by atoms with van der Waals surface area (Å²) in [5.74, 6) is -3.18. The van der Waals surface area contributed by atoms with Gasteiger partial charge >= 0.3 is 5.97 Å². The molecule has 4 atom stereocenters. The van der Waals surface area contributed by atoms with Gasteiger partial charge in [0.15, 0.2) is 5.69 Å². The largest absolute Gasteiger partial charge is 0.481 e. The summed E-state index contributed by atoms with van der Waals surface area (Å²) in [5.41, 5.74) is 0.414. The Hall–Kier alpha value is -2.42. The first-order valence-corrected chi connectivity index (χ1v) is 9.36. The first kappa shape index (κ1) is 19.3. The van der Waals surface area contributed by atoms with Crippen molar-refractivity contribution in [3.05, 3.63) is 11.9 Å². The number of carbonyl (C=O) groups excluding carboxylic acids is 2. The number of carboxylic acids is 1. The van der Waals surface area contributed by atoms with E-state index in [1.54, 1.807) is 10.9 Å². The van der Waals surface area contributed by atoms with Crippen LogP contribution in [-0.2, 0) is 20.9 Å². The molecule has 2 amide bonds. The predicted octanol–water partition coefficient (Wildman–Crippen LogP) is 1.11. The summed E-state index contributed by atoms with van der Waals surface area (Å²) in [6.45, 7) is 6.87. The van der Waals surface area contributed by atoms with E-state index in [0.29, 0.717) is 25.9 Å².